The van der Waals surface area contributed by atoms with Crippen LogP contribution in [-0.2, 0) is 4.74 Å². The average Bonchev–Trinajstić information content (AvgIpc) is 2.91. The highest BCUT2D eigenvalue weighted by molar-refractivity contribution is 6.08. The lowest BCUT2D eigenvalue weighted by molar-refractivity contribution is 0.0398. The van der Waals surface area contributed by atoms with E-state index in [0.717, 1.165) is 68.4 Å². The number of nitrogens with zero attached hydrogens (tertiary/aromatic N) is 4. The first kappa shape index (κ1) is 24.6. The highest BCUT2D eigenvalue weighted by atomic mass is 16.5. The third-order valence-electron chi connectivity index (χ3n) is 6.21. The van der Waals surface area contributed by atoms with Gasteiger partial charge in [0.1, 0.15) is 5.82 Å². The Morgan fingerprint density at radius 2 is 1.83 bits per heavy atom. The van der Waals surface area contributed by atoms with E-state index in [1.54, 1.807) is 18.6 Å². The molecule has 8 heteroatoms. The van der Waals surface area contributed by atoms with Gasteiger partial charge in [-0.1, -0.05) is 6.07 Å². The van der Waals surface area contributed by atoms with E-state index >= 15 is 0 Å². The number of pyridine rings is 2. The van der Waals surface area contributed by atoms with Crippen LogP contribution in [0.1, 0.15) is 24.2 Å². The minimum atomic E-state index is -0.201. The molecular weight excluding hydrogens is 440 g/mol. The summed E-state index contributed by atoms with van der Waals surface area (Å²) >= 11 is 0. The molecule has 3 aromatic rings. The second-order valence-electron chi connectivity index (χ2n) is 8.42. The molecule has 1 fully saturated rings. The van der Waals surface area contributed by atoms with Crippen LogP contribution < -0.4 is 15.5 Å². The summed E-state index contributed by atoms with van der Waals surface area (Å²) in [5.74, 6) is 0.371. The molecule has 0 saturated carbocycles. The number of anilines is 3. The predicted molar refractivity (Wildman–Crippen MR) is 141 cm³/mol. The number of morpholine rings is 1. The maximum Gasteiger partial charge on any atom is 0.259 e. The minimum Gasteiger partial charge on any atom is -0.379 e. The van der Waals surface area contributed by atoms with Crippen molar-refractivity contribution >= 4 is 23.1 Å². The Labute approximate surface area is 207 Å². The zero-order valence-corrected chi connectivity index (χ0v) is 20.5. The minimum absolute atomic E-state index is 0.201. The molecule has 3 heterocycles. The maximum atomic E-state index is 13.4. The molecule has 0 bridgehead atoms. The molecule has 1 saturated heterocycles. The van der Waals surface area contributed by atoms with Crippen LogP contribution >= 0.6 is 0 Å². The first-order chi connectivity index (χ1) is 17.2. The zero-order valence-electron chi connectivity index (χ0n) is 20.5. The number of ether oxygens (including phenoxy) is 1. The van der Waals surface area contributed by atoms with Crippen molar-refractivity contribution in [3.05, 3.63) is 66.6 Å². The van der Waals surface area contributed by atoms with Crippen molar-refractivity contribution in [2.45, 2.75) is 13.8 Å². The molecule has 2 N–H and O–H groups in total. The van der Waals surface area contributed by atoms with Gasteiger partial charge in [0.25, 0.3) is 5.91 Å². The lowest BCUT2D eigenvalue weighted by Gasteiger charge is -2.26. The van der Waals surface area contributed by atoms with Crippen LogP contribution in [0.25, 0.3) is 11.1 Å². The molecule has 1 aromatic carbocycles. The topological polar surface area (TPSA) is 82.6 Å². The predicted octanol–water partition coefficient (Wildman–Crippen LogP) is 3.99. The molecule has 4 rings (SSSR count). The zero-order chi connectivity index (χ0) is 24.5. The third kappa shape index (κ3) is 6.55. The van der Waals surface area contributed by atoms with Crippen molar-refractivity contribution in [3.63, 3.8) is 0 Å². The van der Waals surface area contributed by atoms with Gasteiger partial charge in [-0.2, -0.15) is 0 Å². The van der Waals surface area contributed by atoms with E-state index in [2.05, 4.69) is 44.2 Å². The van der Waals surface area contributed by atoms with E-state index in [0.29, 0.717) is 17.9 Å². The first-order valence-electron chi connectivity index (χ1n) is 12.3. The van der Waals surface area contributed by atoms with Crippen molar-refractivity contribution in [3.8, 4) is 11.1 Å². The highest BCUT2D eigenvalue weighted by Crippen LogP contribution is 2.24. The molecule has 1 amide bonds. The van der Waals surface area contributed by atoms with Crippen molar-refractivity contribution in [2.24, 2.45) is 0 Å². The van der Waals surface area contributed by atoms with Crippen LogP contribution in [0.15, 0.2) is 61.1 Å². The Kier molecular flexibility index (Phi) is 8.64. The smallest absolute Gasteiger partial charge is 0.259 e. The molecule has 0 atom stereocenters. The van der Waals surface area contributed by atoms with Gasteiger partial charge < -0.3 is 20.3 Å². The van der Waals surface area contributed by atoms with Crippen LogP contribution in [-0.4, -0.2) is 73.3 Å². The van der Waals surface area contributed by atoms with E-state index in [4.69, 9.17) is 4.74 Å². The summed E-state index contributed by atoms with van der Waals surface area (Å²) in [7, 11) is 0. The monoisotopic (exact) mass is 474 g/mol. The van der Waals surface area contributed by atoms with E-state index in [1.165, 1.54) is 0 Å². The van der Waals surface area contributed by atoms with Gasteiger partial charge in [0.2, 0.25) is 0 Å². The number of carbonyl (C=O) groups excluding carboxylic acids is 1. The van der Waals surface area contributed by atoms with Crippen LogP contribution in [0.3, 0.4) is 0 Å². The van der Waals surface area contributed by atoms with Gasteiger partial charge in [-0.25, -0.2) is 4.98 Å². The molecule has 0 aliphatic carbocycles. The number of hydrogen-bond acceptors (Lipinski definition) is 7. The van der Waals surface area contributed by atoms with Gasteiger partial charge in [-0.15, -0.1) is 0 Å². The summed E-state index contributed by atoms with van der Waals surface area (Å²) < 4.78 is 5.42. The lowest BCUT2D eigenvalue weighted by atomic mass is 10.1. The van der Waals surface area contributed by atoms with Crippen molar-refractivity contribution < 1.29 is 9.53 Å². The van der Waals surface area contributed by atoms with Crippen LogP contribution in [0.5, 0.6) is 0 Å². The second-order valence-corrected chi connectivity index (χ2v) is 8.42. The van der Waals surface area contributed by atoms with Crippen LogP contribution in [0, 0.1) is 0 Å². The molecule has 1 aliphatic rings. The number of hydrogen-bond donors (Lipinski definition) is 2. The normalized spacial score (nSPS) is 13.9. The Hall–Kier alpha value is -3.49. The Morgan fingerprint density at radius 1 is 1.06 bits per heavy atom. The quantitative estimate of drug-likeness (QED) is 0.460. The number of rotatable bonds is 10. The second kappa shape index (κ2) is 12.3. The number of amides is 1. The van der Waals surface area contributed by atoms with E-state index in [-0.39, 0.29) is 5.91 Å². The summed E-state index contributed by atoms with van der Waals surface area (Å²) in [5, 5.41) is 6.41. The fourth-order valence-electron chi connectivity index (χ4n) is 4.17. The highest BCUT2D eigenvalue weighted by Gasteiger charge is 2.16. The molecule has 184 valence electrons. The summed E-state index contributed by atoms with van der Waals surface area (Å²) in [6, 6.07) is 13.7. The summed E-state index contributed by atoms with van der Waals surface area (Å²) in [6.45, 7) is 11.1. The lowest BCUT2D eigenvalue weighted by Crippen LogP contribution is -2.39. The Balaban J connectivity index is 1.51. The molecular formula is C27H34N6O2. The SMILES string of the molecule is CCN(CC)c1ccc(NC(=O)c2cc(-c3cccnc3)cnc2NCCN2CCOCC2)cc1. The van der Waals surface area contributed by atoms with Gasteiger partial charge >= 0.3 is 0 Å². The van der Waals surface area contributed by atoms with Gasteiger partial charge in [0.05, 0.1) is 18.8 Å². The van der Waals surface area contributed by atoms with E-state index < -0.39 is 0 Å². The average molecular weight is 475 g/mol. The summed E-state index contributed by atoms with van der Waals surface area (Å²) in [6.07, 6.45) is 5.29. The van der Waals surface area contributed by atoms with E-state index in [9.17, 15) is 4.79 Å². The molecule has 35 heavy (non-hydrogen) atoms. The molecule has 0 spiro atoms. The van der Waals surface area contributed by atoms with Crippen LogP contribution in [0.2, 0.25) is 0 Å². The first-order valence-corrected chi connectivity index (χ1v) is 12.3. The summed E-state index contributed by atoms with van der Waals surface area (Å²) in [5.41, 5.74) is 4.15. The van der Waals surface area contributed by atoms with Gasteiger partial charge in [0, 0.05) is 80.4 Å². The fourth-order valence-corrected chi connectivity index (χ4v) is 4.17. The van der Waals surface area contributed by atoms with Crippen molar-refractivity contribution in [2.75, 3.05) is 68.0 Å². The number of benzene rings is 1. The Morgan fingerprint density at radius 3 is 2.51 bits per heavy atom. The van der Waals surface area contributed by atoms with E-state index in [1.807, 2.05) is 42.5 Å². The summed E-state index contributed by atoms with van der Waals surface area (Å²) in [4.78, 5) is 26.8. The molecule has 8 nitrogen and oxygen atoms in total. The van der Waals surface area contributed by atoms with Gasteiger partial charge in [0.15, 0.2) is 0 Å². The maximum absolute atomic E-state index is 13.4. The number of carbonyl (C=O) groups is 1. The molecule has 2 aromatic heterocycles. The largest absolute Gasteiger partial charge is 0.379 e. The van der Waals surface area contributed by atoms with Gasteiger partial charge in [-0.05, 0) is 50.2 Å². The number of aromatic nitrogens is 2. The fraction of sp³-hybridized carbons (Fsp3) is 0.370. The van der Waals surface area contributed by atoms with Crippen molar-refractivity contribution in [1.82, 2.24) is 14.9 Å². The standard InChI is InChI=1S/C27H34N6O2/c1-3-33(4-2)24-9-7-23(8-10-24)31-27(34)25-18-22(21-6-5-11-28-19-21)20-30-26(25)29-12-13-32-14-16-35-17-15-32/h5-11,18-20H,3-4,12-17H2,1-2H3,(H,29,30)(H,31,34). The Bertz CT molecular complexity index is 1080. The molecule has 0 radical (unpaired) electrons. The molecule has 1 aliphatic heterocycles. The molecule has 0 unspecified atom stereocenters. The van der Waals surface area contributed by atoms with Crippen molar-refractivity contribution in [1.29, 1.82) is 0 Å². The van der Waals surface area contributed by atoms with Crippen LogP contribution in [0.4, 0.5) is 17.2 Å². The van der Waals surface area contributed by atoms with Gasteiger partial charge in [-0.3, -0.25) is 14.7 Å². The third-order valence-corrected chi connectivity index (χ3v) is 6.21. The number of nitrogens with one attached hydrogen (secondary N) is 2.